The molecule has 0 amide bonds. The molecule has 2 aliphatic heterocycles. The summed E-state index contributed by atoms with van der Waals surface area (Å²) in [5.74, 6) is 0. The van der Waals surface area contributed by atoms with Crippen LogP contribution in [-0.4, -0.2) is 161 Å². The van der Waals surface area contributed by atoms with Gasteiger partial charge in [0.15, 0.2) is 12.6 Å². The van der Waals surface area contributed by atoms with E-state index in [2.05, 4.69) is 21.0 Å². The first kappa shape index (κ1) is 50.8. The zero-order valence-corrected chi connectivity index (χ0v) is 34.1. The van der Waals surface area contributed by atoms with Gasteiger partial charge in [-0.2, -0.15) is 0 Å². The van der Waals surface area contributed by atoms with Gasteiger partial charge in [-0.05, 0) is 19.3 Å². The molecule has 318 valence electrons. The summed E-state index contributed by atoms with van der Waals surface area (Å²) in [6.45, 7) is 5.42. The molecule has 14 heteroatoms. The van der Waals surface area contributed by atoms with E-state index in [1.807, 2.05) is 6.92 Å². The number of hydrogen-bond donors (Lipinski definition) is 7. The number of likely N-dealkylation sites (N-methyl/N-ethyl adjacent to an activating group) is 1. The highest BCUT2D eigenvalue weighted by Gasteiger charge is 2.47. The Kier molecular flexibility index (Phi) is 27.8. The van der Waals surface area contributed by atoms with Crippen molar-refractivity contribution in [2.24, 2.45) is 0 Å². The molecule has 2 fully saturated rings. The van der Waals surface area contributed by atoms with Gasteiger partial charge in [0, 0.05) is 6.61 Å². The highest BCUT2D eigenvalue weighted by atomic mass is 35.5. The molecule has 2 saturated heterocycles. The molecule has 0 saturated carbocycles. The largest absolute Gasteiger partial charge is 1.00 e. The Morgan fingerprint density at radius 3 is 1.42 bits per heavy atom. The maximum absolute atomic E-state index is 10.7. The van der Waals surface area contributed by atoms with Crippen molar-refractivity contribution in [3.05, 3.63) is 0 Å². The van der Waals surface area contributed by atoms with E-state index in [4.69, 9.17) is 23.7 Å². The van der Waals surface area contributed by atoms with Crippen LogP contribution < -0.4 is 12.4 Å². The van der Waals surface area contributed by atoms with Crippen molar-refractivity contribution in [2.75, 3.05) is 53.6 Å². The molecule has 0 aromatic carbocycles. The molecule has 2 rings (SSSR count). The maximum Gasteiger partial charge on any atom is 0.186 e. The minimum Gasteiger partial charge on any atom is -1.00 e. The third kappa shape index (κ3) is 20.2. The van der Waals surface area contributed by atoms with Gasteiger partial charge in [-0.1, -0.05) is 110 Å². The number of nitrogens with zero attached hydrogens (tertiary/aromatic N) is 1. The number of rotatable bonds is 30. The summed E-state index contributed by atoms with van der Waals surface area (Å²) in [4.78, 5) is 0. The molecule has 7 N–H and O–H groups in total. The van der Waals surface area contributed by atoms with Crippen LogP contribution in [0.15, 0.2) is 0 Å². The third-order valence-corrected chi connectivity index (χ3v) is 10.5. The molecule has 0 aromatic heterocycles. The summed E-state index contributed by atoms with van der Waals surface area (Å²) in [6.07, 6.45) is 8.08. The van der Waals surface area contributed by atoms with E-state index in [-0.39, 0.29) is 38.8 Å². The quantitative estimate of drug-likeness (QED) is 0.0387. The van der Waals surface area contributed by atoms with Crippen LogP contribution in [-0.2, 0) is 23.7 Å². The number of ether oxygens (including phenoxy) is 5. The van der Waals surface area contributed by atoms with Crippen LogP contribution in [0.25, 0.3) is 0 Å². The number of unbranched alkanes of at least 4 members (excludes halogenated alkanes) is 16. The minimum atomic E-state index is -1.62. The number of aliphatic hydroxyl groups is 7. The Bertz CT molecular complexity index is 878. The van der Waals surface area contributed by atoms with E-state index >= 15 is 0 Å². The van der Waals surface area contributed by atoms with Crippen molar-refractivity contribution in [1.29, 1.82) is 0 Å². The van der Waals surface area contributed by atoms with Gasteiger partial charge in [-0.3, -0.25) is 0 Å². The third-order valence-electron chi connectivity index (χ3n) is 10.5. The fourth-order valence-electron chi connectivity index (χ4n) is 7.04. The van der Waals surface area contributed by atoms with Crippen molar-refractivity contribution < 1.29 is 76.3 Å². The number of aliphatic hydroxyl groups excluding tert-OH is 7. The number of quaternary nitrogens is 1. The average Bonchev–Trinajstić information content (AvgIpc) is 3.11. The maximum atomic E-state index is 10.7. The van der Waals surface area contributed by atoms with Gasteiger partial charge < -0.3 is 76.3 Å². The summed E-state index contributed by atoms with van der Waals surface area (Å²) in [5.41, 5.74) is 0. The van der Waals surface area contributed by atoms with Crippen LogP contribution in [0, 0.1) is 0 Å². The van der Waals surface area contributed by atoms with Gasteiger partial charge in [-0.15, -0.1) is 0 Å². The molecule has 53 heavy (non-hydrogen) atoms. The van der Waals surface area contributed by atoms with Crippen LogP contribution in [0.1, 0.15) is 129 Å². The molecular weight excluding hydrogens is 710 g/mol. The van der Waals surface area contributed by atoms with Gasteiger partial charge >= 0.3 is 0 Å². The second kappa shape index (κ2) is 29.1. The van der Waals surface area contributed by atoms with Crippen molar-refractivity contribution in [2.45, 2.75) is 197 Å². The molecule has 2 aliphatic rings. The predicted molar refractivity (Wildman–Crippen MR) is 198 cm³/mol. The molecule has 2 heterocycles. The van der Waals surface area contributed by atoms with E-state index in [9.17, 15) is 35.7 Å². The lowest BCUT2D eigenvalue weighted by molar-refractivity contribution is -0.893. The molecular formula is C39H78ClNO12. The molecule has 0 spiro atoms. The van der Waals surface area contributed by atoms with Crippen LogP contribution in [0.3, 0.4) is 0 Å². The fraction of sp³-hybridized carbons (Fsp3) is 1.00. The lowest BCUT2D eigenvalue weighted by atomic mass is 9.98. The van der Waals surface area contributed by atoms with E-state index in [1.54, 1.807) is 0 Å². The molecule has 0 aliphatic carbocycles. The van der Waals surface area contributed by atoms with Gasteiger partial charge in [0.1, 0.15) is 61.5 Å². The first-order valence-corrected chi connectivity index (χ1v) is 20.6. The normalized spacial score (nSPS) is 29.9. The molecule has 0 bridgehead atoms. The highest BCUT2D eigenvalue weighted by Crippen LogP contribution is 2.26. The van der Waals surface area contributed by atoms with Crippen LogP contribution in [0.2, 0.25) is 0 Å². The zero-order chi connectivity index (χ0) is 38.4. The van der Waals surface area contributed by atoms with E-state index < -0.39 is 67.5 Å². The minimum absolute atomic E-state index is 0. The van der Waals surface area contributed by atoms with Gasteiger partial charge in [0.2, 0.25) is 0 Å². The summed E-state index contributed by atoms with van der Waals surface area (Å²) in [6, 6.07) is 0. The molecule has 11 atom stereocenters. The number of hydrogen-bond acceptors (Lipinski definition) is 12. The van der Waals surface area contributed by atoms with Crippen molar-refractivity contribution in [1.82, 2.24) is 0 Å². The van der Waals surface area contributed by atoms with Gasteiger partial charge in [0.25, 0.3) is 0 Å². The van der Waals surface area contributed by atoms with Crippen molar-refractivity contribution in [3.8, 4) is 0 Å². The average molecular weight is 789 g/mol. The summed E-state index contributed by atoms with van der Waals surface area (Å²) in [5, 5.41) is 73.2. The van der Waals surface area contributed by atoms with Crippen molar-refractivity contribution in [3.63, 3.8) is 0 Å². The zero-order valence-electron chi connectivity index (χ0n) is 33.3. The van der Waals surface area contributed by atoms with E-state index in [1.165, 1.54) is 96.3 Å². The smallest absolute Gasteiger partial charge is 0.186 e. The van der Waals surface area contributed by atoms with E-state index in [0.717, 1.165) is 19.4 Å². The summed E-state index contributed by atoms with van der Waals surface area (Å²) < 4.78 is 28.8. The van der Waals surface area contributed by atoms with E-state index in [0.29, 0.717) is 17.4 Å². The second-order valence-electron chi connectivity index (χ2n) is 15.9. The standard InChI is InChI=1S/C39H78NO12.ClH/c1-5-7-9-10-11-12-13-14-15-16-17-18-19-20-21-22-23-40(3,4)25-29(41)26-48-27-30-32(42)34(44)37(47)39(51-30)50-28-31-33(43)35(45)36(46)38(52-31)49-24-8-6-2;/h29-39,41-47H,5-28H2,1-4H3;1H/q+1;/p-1/t29?,30-,31-,32-,33-,34+,35+,36-,37-,38-,39+;/m1./s1. The Balaban J connectivity index is 0.0000140. The Hall–Kier alpha value is -0.230. The van der Waals surface area contributed by atoms with Crippen molar-refractivity contribution >= 4 is 0 Å². The first-order chi connectivity index (χ1) is 24.9. The second-order valence-corrected chi connectivity index (χ2v) is 15.9. The lowest BCUT2D eigenvalue weighted by Crippen LogP contribution is -3.00. The van der Waals surface area contributed by atoms with Crippen LogP contribution in [0.4, 0.5) is 0 Å². The SMILES string of the molecule is CCCCCCCCCCCCCCCCCC[N+](C)(C)CC(O)COC[C@H]1O[C@H](OC[C@H]2O[C@@H](OCCCC)[C@H](O)[C@@H](O)[C@@H]2O)[C@H](O)[C@@H](O)[C@@H]1O.[Cl-]. The topological polar surface area (TPSA) is 188 Å². The molecule has 1 unspecified atom stereocenters. The monoisotopic (exact) mass is 788 g/mol. The summed E-state index contributed by atoms with van der Waals surface area (Å²) in [7, 11) is 4.18. The predicted octanol–water partition coefficient (Wildman–Crippen LogP) is 0.154. The van der Waals surface area contributed by atoms with Crippen LogP contribution in [0.5, 0.6) is 0 Å². The fourth-order valence-corrected chi connectivity index (χ4v) is 7.04. The first-order valence-electron chi connectivity index (χ1n) is 20.6. The molecule has 0 aromatic rings. The Labute approximate surface area is 326 Å². The molecule has 0 radical (unpaired) electrons. The van der Waals surface area contributed by atoms with Gasteiger partial charge in [-0.25, -0.2) is 0 Å². The lowest BCUT2D eigenvalue weighted by Gasteiger charge is -2.43. The highest BCUT2D eigenvalue weighted by molar-refractivity contribution is 4.91. The van der Waals surface area contributed by atoms with Crippen LogP contribution >= 0.6 is 0 Å². The molecule has 13 nitrogen and oxygen atoms in total. The summed E-state index contributed by atoms with van der Waals surface area (Å²) >= 11 is 0. The Morgan fingerprint density at radius 1 is 0.528 bits per heavy atom. The van der Waals surface area contributed by atoms with Gasteiger partial charge in [0.05, 0.1) is 40.5 Å². The number of halogens is 1. The Morgan fingerprint density at radius 2 is 0.943 bits per heavy atom.